The Bertz CT molecular complexity index is 1340. The Morgan fingerprint density at radius 3 is 2.12 bits per heavy atom. The van der Waals surface area contributed by atoms with Crippen molar-refractivity contribution in [3.8, 4) is 0 Å². The predicted octanol–water partition coefficient (Wildman–Crippen LogP) is 3.45. The highest BCUT2D eigenvalue weighted by Gasteiger charge is 2.45. The number of nitrogens with zero attached hydrogens (tertiary/aromatic N) is 1. The van der Waals surface area contributed by atoms with Crippen molar-refractivity contribution in [2.24, 2.45) is 0 Å². The number of hydrogen-bond acceptors (Lipinski definition) is 5. The largest absolute Gasteiger partial charge is 0.307 e. The van der Waals surface area contributed by atoms with Crippen molar-refractivity contribution in [1.82, 2.24) is 9.62 Å². The third-order valence-corrected chi connectivity index (χ3v) is 9.95. The van der Waals surface area contributed by atoms with Crippen LogP contribution in [0.5, 0.6) is 0 Å². The van der Waals surface area contributed by atoms with Gasteiger partial charge in [-0.1, -0.05) is 78.4 Å². The average molecular weight is 499 g/mol. The van der Waals surface area contributed by atoms with Crippen molar-refractivity contribution in [3.63, 3.8) is 0 Å². The van der Waals surface area contributed by atoms with Crippen LogP contribution >= 0.6 is 0 Å². The van der Waals surface area contributed by atoms with E-state index in [0.717, 1.165) is 16.7 Å². The van der Waals surface area contributed by atoms with E-state index in [2.05, 4.69) is 5.32 Å². The van der Waals surface area contributed by atoms with Gasteiger partial charge in [-0.05, 0) is 36.6 Å². The quantitative estimate of drug-likeness (QED) is 0.514. The van der Waals surface area contributed by atoms with E-state index in [1.165, 1.54) is 4.31 Å². The van der Waals surface area contributed by atoms with Gasteiger partial charge in [-0.2, -0.15) is 4.31 Å². The maximum Gasteiger partial charge on any atom is 0.243 e. The number of sulfone groups is 1. The molecule has 0 bridgehead atoms. The summed E-state index contributed by atoms with van der Waals surface area (Å²) in [4.78, 5) is 0.208. The first kappa shape index (κ1) is 24.6. The summed E-state index contributed by atoms with van der Waals surface area (Å²) in [6, 6.07) is 23.0. The Morgan fingerprint density at radius 2 is 1.50 bits per heavy atom. The first-order chi connectivity index (χ1) is 16.2. The molecule has 1 heterocycles. The topological polar surface area (TPSA) is 83.6 Å². The highest BCUT2D eigenvalue weighted by atomic mass is 32.2. The van der Waals surface area contributed by atoms with Crippen LogP contribution in [-0.2, 0) is 33.0 Å². The van der Waals surface area contributed by atoms with Crippen molar-refractivity contribution in [3.05, 3.63) is 101 Å². The van der Waals surface area contributed by atoms with Crippen molar-refractivity contribution in [2.75, 3.05) is 11.5 Å². The molecule has 34 heavy (non-hydrogen) atoms. The zero-order valence-corrected chi connectivity index (χ0v) is 21.0. The molecule has 0 unspecified atom stereocenters. The molecular weight excluding hydrogens is 468 g/mol. The lowest BCUT2D eigenvalue weighted by Crippen LogP contribution is -2.51. The van der Waals surface area contributed by atoms with Gasteiger partial charge in [0.1, 0.15) is 0 Å². The summed E-state index contributed by atoms with van der Waals surface area (Å²) in [6.45, 7) is 4.25. The van der Waals surface area contributed by atoms with E-state index in [-0.39, 0.29) is 22.9 Å². The normalized spacial score (nSPS) is 20.0. The first-order valence-electron chi connectivity index (χ1n) is 11.3. The van der Waals surface area contributed by atoms with Gasteiger partial charge in [0, 0.05) is 19.1 Å². The van der Waals surface area contributed by atoms with E-state index in [9.17, 15) is 16.8 Å². The molecule has 1 N–H and O–H groups in total. The number of rotatable bonds is 8. The lowest BCUT2D eigenvalue weighted by atomic mass is 10.1. The number of nitrogens with one attached hydrogen (secondary N) is 1. The van der Waals surface area contributed by atoms with E-state index in [1.807, 2.05) is 73.7 Å². The molecule has 1 fully saturated rings. The zero-order chi connectivity index (χ0) is 24.3. The van der Waals surface area contributed by atoms with Crippen LogP contribution in [0.15, 0.2) is 83.8 Å². The van der Waals surface area contributed by atoms with E-state index >= 15 is 0 Å². The van der Waals surface area contributed by atoms with Crippen molar-refractivity contribution in [1.29, 1.82) is 0 Å². The van der Waals surface area contributed by atoms with Gasteiger partial charge in [-0.15, -0.1) is 0 Å². The van der Waals surface area contributed by atoms with Crippen LogP contribution in [0.25, 0.3) is 0 Å². The van der Waals surface area contributed by atoms with E-state index in [0.29, 0.717) is 12.1 Å². The third-order valence-electron chi connectivity index (χ3n) is 6.20. The molecule has 4 rings (SSSR count). The fourth-order valence-corrected chi connectivity index (χ4v) is 8.42. The van der Waals surface area contributed by atoms with Gasteiger partial charge in [0.05, 0.1) is 22.4 Å². The molecule has 180 valence electrons. The lowest BCUT2D eigenvalue weighted by molar-refractivity contribution is 0.286. The minimum Gasteiger partial charge on any atom is -0.307 e. The second-order valence-electron chi connectivity index (χ2n) is 8.92. The molecule has 0 saturated carbocycles. The fourth-order valence-electron chi connectivity index (χ4n) is 4.51. The van der Waals surface area contributed by atoms with Gasteiger partial charge in [0.15, 0.2) is 9.84 Å². The molecule has 3 aromatic carbocycles. The van der Waals surface area contributed by atoms with Gasteiger partial charge >= 0.3 is 0 Å². The second-order valence-corrected chi connectivity index (χ2v) is 12.9. The molecule has 8 heteroatoms. The first-order valence-corrected chi connectivity index (χ1v) is 14.5. The summed E-state index contributed by atoms with van der Waals surface area (Å²) >= 11 is 0. The van der Waals surface area contributed by atoms with Gasteiger partial charge < -0.3 is 5.32 Å². The molecule has 1 saturated heterocycles. The Morgan fingerprint density at radius 1 is 0.882 bits per heavy atom. The third kappa shape index (κ3) is 5.58. The van der Waals surface area contributed by atoms with E-state index in [1.54, 1.807) is 19.1 Å². The van der Waals surface area contributed by atoms with Crippen LogP contribution < -0.4 is 5.32 Å². The molecule has 0 spiro atoms. The monoisotopic (exact) mass is 498 g/mol. The Hall–Kier alpha value is -2.52. The van der Waals surface area contributed by atoms with Crippen LogP contribution in [0.3, 0.4) is 0 Å². The molecule has 0 radical (unpaired) electrons. The lowest BCUT2D eigenvalue weighted by Gasteiger charge is -2.32. The molecule has 0 aliphatic carbocycles. The van der Waals surface area contributed by atoms with Crippen LogP contribution in [0, 0.1) is 13.8 Å². The zero-order valence-electron chi connectivity index (χ0n) is 19.4. The van der Waals surface area contributed by atoms with Crippen LogP contribution in [-0.4, -0.2) is 44.7 Å². The Kier molecular flexibility index (Phi) is 7.23. The highest BCUT2D eigenvalue weighted by Crippen LogP contribution is 2.29. The summed E-state index contributed by atoms with van der Waals surface area (Å²) in [7, 11) is -7.38. The molecule has 3 aromatic rings. The van der Waals surface area contributed by atoms with Gasteiger partial charge in [-0.3, -0.25) is 0 Å². The Balaban J connectivity index is 1.73. The summed E-state index contributed by atoms with van der Waals surface area (Å²) in [5.41, 5.74) is 3.43. The molecule has 0 aromatic heterocycles. The fraction of sp³-hybridized carbons (Fsp3) is 0.308. The SMILES string of the molecule is Cc1ccc(S(=O)(=O)N(Cc2ccccc2)[C@H]2CS(=O)(=O)C[C@@H]2NCc2ccccc2)c(C)c1. The second kappa shape index (κ2) is 10.00. The maximum absolute atomic E-state index is 14.0. The summed E-state index contributed by atoms with van der Waals surface area (Å²) in [6.07, 6.45) is 0. The van der Waals surface area contributed by atoms with Gasteiger partial charge in [0.25, 0.3) is 0 Å². The molecule has 2 atom stereocenters. The van der Waals surface area contributed by atoms with Gasteiger partial charge in [0.2, 0.25) is 10.0 Å². The van der Waals surface area contributed by atoms with E-state index < -0.39 is 31.9 Å². The standard InChI is InChI=1S/C26H30N2O4S2/c1-20-13-14-26(21(2)15-20)34(31,32)28(17-23-11-7-4-8-12-23)25-19-33(29,30)18-24(25)27-16-22-9-5-3-6-10-22/h3-15,24-25,27H,16-19H2,1-2H3/t24-,25-/m0/s1. The minimum absolute atomic E-state index is 0.0974. The maximum atomic E-state index is 14.0. The summed E-state index contributed by atoms with van der Waals surface area (Å²) in [5.74, 6) is -0.311. The smallest absolute Gasteiger partial charge is 0.243 e. The number of benzene rings is 3. The molecule has 6 nitrogen and oxygen atoms in total. The average Bonchev–Trinajstić information content (AvgIpc) is 3.11. The molecule has 0 amide bonds. The summed E-state index contributed by atoms with van der Waals surface area (Å²) < 4.78 is 54.8. The van der Waals surface area contributed by atoms with Crippen LogP contribution in [0.1, 0.15) is 22.3 Å². The summed E-state index contributed by atoms with van der Waals surface area (Å²) in [5, 5.41) is 3.33. The van der Waals surface area contributed by atoms with Crippen molar-refractivity contribution >= 4 is 19.9 Å². The van der Waals surface area contributed by atoms with Gasteiger partial charge in [-0.25, -0.2) is 16.8 Å². The Labute approximate surface area is 202 Å². The molecule has 1 aliphatic rings. The van der Waals surface area contributed by atoms with Crippen LogP contribution in [0.4, 0.5) is 0 Å². The van der Waals surface area contributed by atoms with Crippen LogP contribution in [0.2, 0.25) is 0 Å². The van der Waals surface area contributed by atoms with E-state index in [4.69, 9.17) is 0 Å². The number of aryl methyl sites for hydroxylation is 2. The van der Waals surface area contributed by atoms with Crippen molar-refractivity contribution < 1.29 is 16.8 Å². The van der Waals surface area contributed by atoms with Crippen molar-refractivity contribution in [2.45, 2.75) is 43.9 Å². The number of sulfonamides is 1. The predicted molar refractivity (Wildman–Crippen MR) is 135 cm³/mol. The molecule has 1 aliphatic heterocycles. The minimum atomic E-state index is -3.97. The molecular formula is C26H30N2O4S2. The number of hydrogen-bond donors (Lipinski definition) is 1. The highest BCUT2D eigenvalue weighted by molar-refractivity contribution is 7.92.